The van der Waals surface area contributed by atoms with Crippen LogP contribution in [0.2, 0.25) is 0 Å². The number of benzene rings is 1. The van der Waals surface area contributed by atoms with E-state index in [4.69, 9.17) is 9.47 Å². The first kappa shape index (κ1) is 15.5. The van der Waals surface area contributed by atoms with Gasteiger partial charge in [0, 0.05) is 6.42 Å². The molecule has 19 heavy (non-hydrogen) atoms. The monoisotopic (exact) mass is 264 g/mol. The van der Waals surface area contributed by atoms with Gasteiger partial charge in [-0.05, 0) is 50.3 Å². The molecule has 0 saturated heterocycles. The number of methoxy groups -OCH3 is 1. The summed E-state index contributed by atoms with van der Waals surface area (Å²) in [7, 11) is 1.65. The molecule has 0 aliphatic rings. The van der Waals surface area contributed by atoms with Gasteiger partial charge in [-0.2, -0.15) is 0 Å². The van der Waals surface area contributed by atoms with Gasteiger partial charge in [-0.25, -0.2) is 0 Å². The Morgan fingerprint density at radius 2 is 2.00 bits per heavy atom. The Hall–Kier alpha value is -1.51. The van der Waals surface area contributed by atoms with Crippen molar-refractivity contribution < 1.29 is 14.3 Å². The standard InChI is InChI=1S/C16H24O3/c1-5-13(8-7-12(3)17)14-9-10-15(19-6-2)16(11-14)18-4/h9-11,13H,5-8H2,1-4H3. The molecule has 0 radical (unpaired) electrons. The van der Waals surface area contributed by atoms with Crippen molar-refractivity contribution in [2.45, 2.75) is 46.0 Å². The lowest BCUT2D eigenvalue weighted by Crippen LogP contribution is -2.02. The van der Waals surface area contributed by atoms with Crippen LogP contribution in [0.15, 0.2) is 18.2 Å². The highest BCUT2D eigenvalue weighted by atomic mass is 16.5. The molecule has 1 unspecified atom stereocenters. The summed E-state index contributed by atoms with van der Waals surface area (Å²) >= 11 is 0. The number of ether oxygens (including phenoxy) is 2. The minimum atomic E-state index is 0.247. The molecule has 0 bridgehead atoms. The van der Waals surface area contributed by atoms with Crippen molar-refractivity contribution in [2.24, 2.45) is 0 Å². The SMILES string of the molecule is CCOc1ccc(C(CC)CCC(C)=O)cc1OC. The molecule has 106 valence electrons. The van der Waals surface area contributed by atoms with Gasteiger partial charge in [-0.1, -0.05) is 13.0 Å². The number of Topliss-reactive ketones (excluding diaryl/α,β-unsaturated/α-hetero) is 1. The van der Waals surface area contributed by atoms with Crippen molar-refractivity contribution in [1.82, 2.24) is 0 Å². The van der Waals surface area contributed by atoms with Crippen LogP contribution in [-0.2, 0) is 4.79 Å². The number of hydrogen-bond donors (Lipinski definition) is 0. The van der Waals surface area contributed by atoms with Gasteiger partial charge < -0.3 is 14.3 Å². The maximum atomic E-state index is 11.1. The Bertz CT molecular complexity index is 412. The van der Waals surface area contributed by atoms with Gasteiger partial charge in [0.2, 0.25) is 0 Å². The van der Waals surface area contributed by atoms with Gasteiger partial charge in [0.05, 0.1) is 13.7 Å². The van der Waals surface area contributed by atoms with Crippen molar-refractivity contribution >= 4 is 5.78 Å². The van der Waals surface area contributed by atoms with E-state index in [9.17, 15) is 4.79 Å². The summed E-state index contributed by atoms with van der Waals surface area (Å²) < 4.78 is 10.9. The van der Waals surface area contributed by atoms with Gasteiger partial charge in [0.15, 0.2) is 11.5 Å². The number of rotatable bonds is 8. The molecular weight excluding hydrogens is 240 g/mol. The second kappa shape index (κ2) is 7.82. The number of ketones is 1. The summed E-state index contributed by atoms with van der Waals surface area (Å²) in [5, 5.41) is 0. The Morgan fingerprint density at radius 3 is 2.53 bits per heavy atom. The zero-order valence-electron chi connectivity index (χ0n) is 12.4. The highest BCUT2D eigenvalue weighted by molar-refractivity contribution is 5.75. The van der Waals surface area contributed by atoms with Gasteiger partial charge in [-0.15, -0.1) is 0 Å². The molecule has 3 nitrogen and oxygen atoms in total. The average molecular weight is 264 g/mol. The second-order valence-corrected chi connectivity index (χ2v) is 4.69. The summed E-state index contributed by atoms with van der Waals surface area (Å²) in [6.07, 6.45) is 2.54. The van der Waals surface area contributed by atoms with E-state index in [1.54, 1.807) is 14.0 Å². The number of carbonyl (C=O) groups excluding carboxylic acids is 1. The molecule has 0 saturated carbocycles. The molecule has 1 aromatic carbocycles. The highest BCUT2D eigenvalue weighted by Gasteiger charge is 2.13. The minimum Gasteiger partial charge on any atom is -0.493 e. The molecule has 0 heterocycles. The van der Waals surface area contributed by atoms with Crippen molar-refractivity contribution in [1.29, 1.82) is 0 Å². The molecule has 0 aliphatic heterocycles. The largest absolute Gasteiger partial charge is 0.493 e. The second-order valence-electron chi connectivity index (χ2n) is 4.69. The molecule has 3 heteroatoms. The van der Waals surface area contributed by atoms with Crippen LogP contribution in [0.5, 0.6) is 11.5 Å². The van der Waals surface area contributed by atoms with E-state index in [-0.39, 0.29) is 5.78 Å². The number of carbonyl (C=O) groups is 1. The Labute approximate surface area is 115 Å². The van der Waals surface area contributed by atoms with E-state index in [0.29, 0.717) is 18.9 Å². The quantitative estimate of drug-likeness (QED) is 0.713. The summed E-state index contributed by atoms with van der Waals surface area (Å²) in [5.41, 5.74) is 1.21. The number of hydrogen-bond acceptors (Lipinski definition) is 3. The van der Waals surface area contributed by atoms with Crippen LogP contribution in [-0.4, -0.2) is 19.5 Å². The maximum absolute atomic E-state index is 11.1. The van der Waals surface area contributed by atoms with E-state index in [1.165, 1.54) is 5.56 Å². The highest BCUT2D eigenvalue weighted by Crippen LogP contribution is 2.33. The summed E-state index contributed by atoms with van der Waals surface area (Å²) in [5.74, 6) is 2.18. The van der Waals surface area contributed by atoms with Crippen molar-refractivity contribution in [3.05, 3.63) is 23.8 Å². The maximum Gasteiger partial charge on any atom is 0.161 e. The normalized spacial score (nSPS) is 12.0. The third-order valence-electron chi connectivity index (χ3n) is 3.30. The third kappa shape index (κ3) is 4.58. The van der Waals surface area contributed by atoms with Crippen molar-refractivity contribution in [2.75, 3.05) is 13.7 Å². The zero-order valence-corrected chi connectivity index (χ0v) is 12.4. The van der Waals surface area contributed by atoms with Crippen LogP contribution < -0.4 is 9.47 Å². The molecule has 0 aromatic heterocycles. The van der Waals surface area contributed by atoms with E-state index in [0.717, 1.165) is 24.3 Å². The molecule has 0 N–H and O–H groups in total. The molecule has 1 aromatic rings. The molecule has 0 spiro atoms. The van der Waals surface area contributed by atoms with Crippen LogP contribution in [0, 0.1) is 0 Å². The van der Waals surface area contributed by atoms with Crippen LogP contribution in [0.1, 0.15) is 51.5 Å². The molecule has 0 aliphatic carbocycles. The molecule has 1 atom stereocenters. The fourth-order valence-corrected chi connectivity index (χ4v) is 2.20. The van der Waals surface area contributed by atoms with Crippen molar-refractivity contribution in [3.63, 3.8) is 0 Å². The Kier molecular flexibility index (Phi) is 6.40. The van der Waals surface area contributed by atoms with Gasteiger partial charge in [0.1, 0.15) is 5.78 Å². The van der Waals surface area contributed by atoms with E-state index >= 15 is 0 Å². The predicted molar refractivity (Wildman–Crippen MR) is 77.1 cm³/mol. The molecule has 0 amide bonds. The van der Waals surface area contributed by atoms with Crippen LogP contribution in [0.25, 0.3) is 0 Å². The fourth-order valence-electron chi connectivity index (χ4n) is 2.20. The topological polar surface area (TPSA) is 35.5 Å². The first-order valence-corrected chi connectivity index (χ1v) is 6.92. The Balaban J connectivity index is 2.88. The predicted octanol–water partition coefficient (Wildman–Crippen LogP) is 3.96. The van der Waals surface area contributed by atoms with E-state index in [1.807, 2.05) is 19.1 Å². The van der Waals surface area contributed by atoms with E-state index < -0.39 is 0 Å². The van der Waals surface area contributed by atoms with Gasteiger partial charge in [0.25, 0.3) is 0 Å². The lowest BCUT2D eigenvalue weighted by Gasteiger charge is -2.17. The smallest absolute Gasteiger partial charge is 0.161 e. The fraction of sp³-hybridized carbons (Fsp3) is 0.562. The summed E-state index contributed by atoms with van der Waals surface area (Å²) in [6, 6.07) is 6.05. The zero-order chi connectivity index (χ0) is 14.3. The summed E-state index contributed by atoms with van der Waals surface area (Å²) in [4.78, 5) is 11.1. The third-order valence-corrected chi connectivity index (χ3v) is 3.30. The lowest BCUT2D eigenvalue weighted by molar-refractivity contribution is -0.117. The summed E-state index contributed by atoms with van der Waals surface area (Å²) in [6.45, 7) is 6.37. The van der Waals surface area contributed by atoms with Crippen LogP contribution >= 0.6 is 0 Å². The molecule has 0 fully saturated rings. The lowest BCUT2D eigenvalue weighted by atomic mass is 9.91. The van der Waals surface area contributed by atoms with E-state index in [2.05, 4.69) is 13.0 Å². The van der Waals surface area contributed by atoms with Crippen LogP contribution in [0.4, 0.5) is 0 Å². The average Bonchev–Trinajstić information content (AvgIpc) is 2.40. The van der Waals surface area contributed by atoms with Crippen LogP contribution in [0.3, 0.4) is 0 Å². The first-order chi connectivity index (χ1) is 9.12. The molecular formula is C16H24O3. The first-order valence-electron chi connectivity index (χ1n) is 6.92. The van der Waals surface area contributed by atoms with Gasteiger partial charge >= 0.3 is 0 Å². The Morgan fingerprint density at radius 1 is 1.26 bits per heavy atom. The minimum absolute atomic E-state index is 0.247. The van der Waals surface area contributed by atoms with Crippen molar-refractivity contribution in [3.8, 4) is 11.5 Å². The van der Waals surface area contributed by atoms with Gasteiger partial charge in [-0.3, -0.25) is 0 Å². The molecule has 1 rings (SSSR count).